The van der Waals surface area contributed by atoms with Crippen molar-refractivity contribution in [2.45, 2.75) is 19.4 Å². The van der Waals surface area contributed by atoms with Crippen LogP contribution in [0, 0.1) is 0 Å². The van der Waals surface area contributed by atoms with Gasteiger partial charge in [-0.05, 0) is 36.8 Å². The molecule has 0 bridgehead atoms. The van der Waals surface area contributed by atoms with E-state index in [0.717, 1.165) is 10.9 Å². The number of benzene rings is 2. The predicted molar refractivity (Wildman–Crippen MR) is 114 cm³/mol. The topological polar surface area (TPSA) is 63.6 Å². The van der Waals surface area contributed by atoms with Gasteiger partial charge in [0, 0.05) is 16.0 Å². The number of pyridine rings is 1. The molecule has 0 aliphatic carbocycles. The number of para-hydroxylation sites is 1. The van der Waals surface area contributed by atoms with Gasteiger partial charge in [0.15, 0.2) is 6.10 Å². The first kappa shape index (κ1) is 20.4. The van der Waals surface area contributed by atoms with E-state index in [2.05, 4.69) is 15.5 Å². The maximum absolute atomic E-state index is 12.4. The second-order valence-corrected chi connectivity index (χ2v) is 7.09. The van der Waals surface area contributed by atoms with Crippen molar-refractivity contribution in [3.8, 4) is 5.75 Å². The zero-order valence-corrected chi connectivity index (χ0v) is 17.1. The number of ether oxygens (including phenoxy) is 1. The van der Waals surface area contributed by atoms with Crippen LogP contribution >= 0.6 is 34.8 Å². The number of nitrogens with one attached hydrogen (secondary N) is 1. The Bertz CT molecular complexity index is 1040. The molecule has 0 radical (unpaired) electrons. The van der Waals surface area contributed by atoms with E-state index in [1.54, 1.807) is 18.2 Å². The summed E-state index contributed by atoms with van der Waals surface area (Å²) in [5.41, 5.74) is 3.84. The van der Waals surface area contributed by atoms with E-state index in [4.69, 9.17) is 39.5 Å². The van der Waals surface area contributed by atoms with E-state index < -0.39 is 12.0 Å². The van der Waals surface area contributed by atoms with E-state index in [1.165, 1.54) is 6.21 Å². The van der Waals surface area contributed by atoms with Gasteiger partial charge in [-0.2, -0.15) is 5.10 Å². The molecule has 1 atom stereocenters. The number of carbonyl (C=O) groups excluding carboxylic acids is 1. The summed E-state index contributed by atoms with van der Waals surface area (Å²) in [6, 6.07) is 14.2. The number of hydrogen-bond donors (Lipinski definition) is 1. The highest BCUT2D eigenvalue weighted by Crippen LogP contribution is 2.28. The van der Waals surface area contributed by atoms with Crippen LogP contribution in [0.4, 0.5) is 0 Å². The summed E-state index contributed by atoms with van der Waals surface area (Å²) in [6.45, 7) is 1.82. The van der Waals surface area contributed by atoms with Crippen molar-refractivity contribution in [2.24, 2.45) is 5.10 Å². The van der Waals surface area contributed by atoms with E-state index in [0.29, 0.717) is 32.9 Å². The predicted octanol–water partition coefficient (Wildman–Crippen LogP) is 5.50. The first-order chi connectivity index (χ1) is 13.5. The van der Waals surface area contributed by atoms with Crippen LogP contribution in [0.3, 0.4) is 0 Å². The molecule has 1 heterocycles. The highest BCUT2D eigenvalue weighted by molar-refractivity contribution is 6.35. The molecule has 1 amide bonds. The van der Waals surface area contributed by atoms with Crippen molar-refractivity contribution in [3.63, 3.8) is 0 Å². The van der Waals surface area contributed by atoms with Crippen LogP contribution in [0.25, 0.3) is 10.9 Å². The number of hydrazone groups is 1. The van der Waals surface area contributed by atoms with Gasteiger partial charge in [-0.1, -0.05) is 59.9 Å². The van der Waals surface area contributed by atoms with Crippen LogP contribution in [0.1, 0.15) is 18.9 Å². The largest absolute Gasteiger partial charge is 0.479 e. The van der Waals surface area contributed by atoms with Gasteiger partial charge >= 0.3 is 0 Å². The van der Waals surface area contributed by atoms with Gasteiger partial charge in [-0.15, -0.1) is 0 Å². The smallest absolute Gasteiger partial charge is 0.281 e. The van der Waals surface area contributed by atoms with Crippen molar-refractivity contribution >= 4 is 57.8 Å². The minimum Gasteiger partial charge on any atom is -0.479 e. The molecule has 0 spiro atoms. The molecule has 2 aromatic carbocycles. The maximum atomic E-state index is 12.4. The van der Waals surface area contributed by atoms with Gasteiger partial charge in [0.1, 0.15) is 10.9 Å². The Labute approximate surface area is 177 Å². The zero-order valence-electron chi connectivity index (χ0n) is 14.8. The highest BCUT2D eigenvalue weighted by atomic mass is 35.5. The van der Waals surface area contributed by atoms with Crippen LogP contribution in [0.5, 0.6) is 5.75 Å². The Morgan fingerprint density at radius 2 is 2.00 bits per heavy atom. The monoisotopic (exact) mass is 435 g/mol. The summed E-state index contributed by atoms with van der Waals surface area (Å²) in [7, 11) is 0. The number of fused-ring (bicyclic) bond motifs is 1. The molecule has 0 saturated heterocycles. The molecule has 0 saturated carbocycles. The van der Waals surface area contributed by atoms with Crippen molar-refractivity contribution in [1.82, 2.24) is 10.4 Å². The van der Waals surface area contributed by atoms with Crippen molar-refractivity contribution in [3.05, 3.63) is 69.3 Å². The van der Waals surface area contributed by atoms with Gasteiger partial charge < -0.3 is 4.74 Å². The normalized spacial score (nSPS) is 12.3. The lowest BCUT2D eigenvalue weighted by Crippen LogP contribution is -2.35. The molecular weight excluding hydrogens is 421 g/mol. The molecule has 3 rings (SSSR count). The van der Waals surface area contributed by atoms with Crippen LogP contribution in [0.15, 0.2) is 53.6 Å². The van der Waals surface area contributed by atoms with Crippen LogP contribution in [-0.2, 0) is 4.79 Å². The second kappa shape index (κ2) is 9.24. The van der Waals surface area contributed by atoms with Gasteiger partial charge in [0.2, 0.25) is 0 Å². The number of amides is 1. The first-order valence-electron chi connectivity index (χ1n) is 8.48. The molecule has 1 unspecified atom stereocenters. The molecule has 0 aliphatic rings. The lowest BCUT2D eigenvalue weighted by atomic mass is 10.2. The van der Waals surface area contributed by atoms with E-state index in [9.17, 15) is 4.79 Å². The molecule has 144 valence electrons. The summed E-state index contributed by atoms with van der Waals surface area (Å²) >= 11 is 18.1. The minimum absolute atomic E-state index is 0.299. The lowest BCUT2D eigenvalue weighted by Gasteiger charge is -2.16. The van der Waals surface area contributed by atoms with Crippen molar-refractivity contribution in [1.29, 1.82) is 0 Å². The number of hydrogen-bond acceptors (Lipinski definition) is 4. The number of halogens is 3. The summed E-state index contributed by atoms with van der Waals surface area (Å²) < 4.78 is 5.68. The second-order valence-electron chi connectivity index (χ2n) is 5.88. The van der Waals surface area contributed by atoms with E-state index in [1.807, 2.05) is 37.3 Å². The third kappa shape index (κ3) is 4.93. The van der Waals surface area contributed by atoms with Crippen LogP contribution in [0.2, 0.25) is 15.2 Å². The molecular formula is C20H16Cl3N3O2. The molecule has 3 aromatic rings. The molecule has 0 aliphatic heterocycles. The van der Waals surface area contributed by atoms with Gasteiger partial charge in [-0.3, -0.25) is 4.79 Å². The molecule has 1 N–H and O–H groups in total. The van der Waals surface area contributed by atoms with E-state index in [-0.39, 0.29) is 0 Å². The standard InChI is InChI=1S/C20H16Cl3N3O2/c1-2-17(28-18-8-7-14(21)10-15(18)22)20(27)26-24-11-13-9-12-5-3-4-6-16(12)25-19(13)23/h3-11,17H,2H2,1H3,(H,26,27). The fourth-order valence-electron chi connectivity index (χ4n) is 2.48. The average Bonchev–Trinajstić information content (AvgIpc) is 2.67. The number of rotatable bonds is 6. The van der Waals surface area contributed by atoms with Crippen molar-refractivity contribution < 1.29 is 9.53 Å². The van der Waals surface area contributed by atoms with Crippen LogP contribution in [-0.4, -0.2) is 23.2 Å². The minimum atomic E-state index is -0.763. The van der Waals surface area contributed by atoms with Gasteiger partial charge in [0.25, 0.3) is 5.91 Å². The van der Waals surface area contributed by atoms with Gasteiger partial charge in [0.05, 0.1) is 16.8 Å². The molecule has 28 heavy (non-hydrogen) atoms. The summed E-state index contributed by atoms with van der Waals surface area (Å²) in [4.78, 5) is 16.7. The average molecular weight is 437 g/mol. The summed E-state index contributed by atoms with van der Waals surface area (Å²) in [6.07, 6.45) is 1.11. The Balaban J connectivity index is 1.68. The molecule has 1 aromatic heterocycles. The van der Waals surface area contributed by atoms with Gasteiger partial charge in [-0.25, -0.2) is 10.4 Å². The quantitative estimate of drug-likeness (QED) is 0.315. The Kier molecular flexibility index (Phi) is 6.73. The maximum Gasteiger partial charge on any atom is 0.281 e. The fraction of sp³-hybridized carbons (Fsp3) is 0.150. The number of nitrogens with zero attached hydrogens (tertiary/aromatic N) is 2. The Morgan fingerprint density at radius 1 is 1.21 bits per heavy atom. The first-order valence-corrected chi connectivity index (χ1v) is 9.61. The third-order valence-corrected chi connectivity index (χ3v) is 4.74. The SMILES string of the molecule is CCC(Oc1ccc(Cl)cc1Cl)C(=O)NN=Cc1cc2ccccc2nc1Cl. The Morgan fingerprint density at radius 3 is 2.75 bits per heavy atom. The van der Waals surface area contributed by atoms with E-state index >= 15 is 0 Å². The number of aromatic nitrogens is 1. The van der Waals surface area contributed by atoms with Crippen LogP contribution < -0.4 is 10.2 Å². The molecule has 0 fully saturated rings. The fourth-order valence-corrected chi connectivity index (χ4v) is 3.13. The summed E-state index contributed by atoms with van der Waals surface area (Å²) in [5.74, 6) is -0.0338. The zero-order chi connectivity index (χ0) is 20.1. The lowest BCUT2D eigenvalue weighted by molar-refractivity contribution is -0.128. The molecule has 8 heteroatoms. The Hall–Kier alpha value is -2.34. The number of carbonyl (C=O) groups is 1. The molecule has 5 nitrogen and oxygen atoms in total. The highest BCUT2D eigenvalue weighted by Gasteiger charge is 2.19. The van der Waals surface area contributed by atoms with Crippen molar-refractivity contribution in [2.75, 3.05) is 0 Å². The summed E-state index contributed by atoms with van der Waals surface area (Å²) in [5, 5.41) is 6.01. The third-order valence-electron chi connectivity index (χ3n) is 3.91.